The number of fused-ring (bicyclic) bond motifs is 2. The number of aromatic amines is 1. The monoisotopic (exact) mass is 396 g/mol. The first-order valence-electron chi connectivity index (χ1n) is 8.96. The first kappa shape index (κ1) is 19.3. The second-order valence-corrected chi connectivity index (χ2v) is 8.64. The molecule has 3 heterocycles. The summed E-state index contributed by atoms with van der Waals surface area (Å²) in [7, 11) is 0. The van der Waals surface area contributed by atoms with E-state index in [1.165, 1.54) is 11.3 Å². The molecule has 3 atom stereocenters. The zero-order valence-corrected chi connectivity index (χ0v) is 16.7. The van der Waals surface area contributed by atoms with Gasteiger partial charge < -0.3 is 15.6 Å². The number of carbonyl (C=O) groups excluding carboxylic acids is 1. The van der Waals surface area contributed by atoms with Crippen LogP contribution < -0.4 is 11.3 Å². The maximum absolute atomic E-state index is 12.5. The average Bonchev–Trinajstić information content (AvgIpc) is 3.21. The number of hydrogen-bond donors (Lipinski definition) is 2. The van der Waals surface area contributed by atoms with Crippen LogP contribution in [-0.2, 0) is 11.2 Å². The maximum Gasteiger partial charge on any atom is 0.259 e. The van der Waals surface area contributed by atoms with Gasteiger partial charge in [0, 0.05) is 36.9 Å². The van der Waals surface area contributed by atoms with Gasteiger partial charge in [-0.05, 0) is 44.1 Å². The summed E-state index contributed by atoms with van der Waals surface area (Å²) in [4.78, 5) is 36.1. The van der Waals surface area contributed by atoms with Crippen molar-refractivity contribution in [3.63, 3.8) is 0 Å². The van der Waals surface area contributed by atoms with Gasteiger partial charge in [-0.25, -0.2) is 4.98 Å². The number of nitrogens with one attached hydrogen (secondary N) is 1. The van der Waals surface area contributed by atoms with Gasteiger partial charge in [0.2, 0.25) is 5.91 Å². The molecule has 26 heavy (non-hydrogen) atoms. The van der Waals surface area contributed by atoms with Crippen LogP contribution >= 0.6 is 23.7 Å². The molecule has 1 amide bonds. The van der Waals surface area contributed by atoms with Gasteiger partial charge in [0.1, 0.15) is 10.7 Å². The Morgan fingerprint density at radius 2 is 2.12 bits per heavy atom. The molecule has 3 unspecified atom stereocenters. The third-order valence-corrected chi connectivity index (χ3v) is 7.03. The van der Waals surface area contributed by atoms with Gasteiger partial charge in [-0.3, -0.25) is 9.59 Å². The highest BCUT2D eigenvalue weighted by Gasteiger charge is 2.42. The summed E-state index contributed by atoms with van der Waals surface area (Å²) in [6, 6.07) is 0.244. The van der Waals surface area contributed by atoms with Crippen LogP contribution in [0.1, 0.15) is 35.5 Å². The highest BCUT2D eigenvalue weighted by molar-refractivity contribution is 7.18. The Bertz CT molecular complexity index is 893. The van der Waals surface area contributed by atoms with Crippen molar-refractivity contribution in [2.75, 3.05) is 13.1 Å². The summed E-state index contributed by atoms with van der Waals surface area (Å²) >= 11 is 1.54. The van der Waals surface area contributed by atoms with E-state index in [9.17, 15) is 9.59 Å². The fraction of sp³-hybridized carbons (Fsp3) is 0.611. The number of nitrogens with zero attached hydrogens (tertiary/aromatic N) is 2. The van der Waals surface area contributed by atoms with E-state index < -0.39 is 0 Å². The molecule has 1 saturated carbocycles. The molecule has 142 valence electrons. The number of nitrogens with two attached hydrogens (primary N) is 1. The van der Waals surface area contributed by atoms with Crippen molar-refractivity contribution < 1.29 is 4.79 Å². The van der Waals surface area contributed by atoms with Gasteiger partial charge in [-0.1, -0.05) is 0 Å². The molecule has 2 aromatic heterocycles. The minimum absolute atomic E-state index is 0. The molecule has 2 aromatic rings. The van der Waals surface area contributed by atoms with Crippen molar-refractivity contribution in [3.05, 3.63) is 26.6 Å². The van der Waals surface area contributed by atoms with E-state index >= 15 is 0 Å². The van der Waals surface area contributed by atoms with Gasteiger partial charge in [-0.15, -0.1) is 23.7 Å². The first-order chi connectivity index (χ1) is 11.9. The summed E-state index contributed by atoms with van der Waals surface area (Å²) in [5.74, 6) is 1.78. The van der Waals surface area contributed by atoms with E-state index in [0.29, 0.717) is 35.9 Å². The van der Waals surface area contributed by atoms with E-state index in [0.717, 1.165) is 41.2 Å². The maximum atomic E-state index is 12.5. The lowest BCUT2D eigenvalue weighted by molar-refractivity contribution is -0.130. The topological polar surface area (TPSA) is 92.1 Å². The first-order valence-corrected chi connectivity index (χ1v) is 9.78. The largest absolute Gasteiger partial charge is 0.342 e. The Labute approximate surface area is 162 Å². The van der Waals surface area contributed by atoms with E-state index in [1.54, 1.807) is 0 Å². The molecule has 6 nitrogen and oxygen atoms in total. The third-order valence-electron chi connectivity index (χ3n) is 5.93. The molecule has 0 bridgehead atoms. The molecule has 2 fully saturated rings. The van der Waals surface area contributed by atoms with Crippen LogP contribution in [-0.4, -0.2) is 39.9 Å². The van der Waals surface area contributed by atoms with E-state index in [1.807, 2.05) is 18.7 Å². The Hall–Kier alpha value is -1.44. The lowest BCUT2D eigenvalue weighted by Crippen LogP contribution is -2.33. The van der Waals surface area contributed by atoms with Crippen molar-refractivity contribution in [3.8, 4) is 0 Å². The quantitative estimate of drug-likeness (QED) is 0.831. The predicted molar refractivity (Wildman–Crippen MR) is 106 cm³/mol. The van der Waals surface area contributed by atoms with E-state index in [2.05, 4.69) is 9.97 Å². The summed E-state index contributed by atoms with van der Waals surface area (Å²) in [6.45, 7) is 5.57. The van der Waals surface area contributed by atoms with Gasteiger partial charge in [0.15, 0.2) is 0 Å². The minimum Gasteiger partial charge on any atom is -0.342 e. The number of H-pyrrole nitrogens is 1. The molecular weight excluding hydrogens is 372 g/mol. The number of aromatic nitrogens is 2. The van der Waals surface area contributed by atoms with Crippen LogP contribution in [0.5, 0.6) is 0 Å². The van der Waals surface area contributed by atoms with Crippen molar-refractivity contribution in [2.24, 2.45) is 17.6 Å². The predicted octanol–water partition coefficient (Wildman–Crippen LogP) is 2.15. The van der Waals surface area contributed by atoms with Gasteiger partial charge in [-0.2, -0.15) is 0 Å². The number of carbonyl (C=O) groups is 1. The SMILES string of the molecule is Cc1sc2nc(CCC(=O)N3CC4CCC(N)C4C3)[nH]c(=O)c2c1C.Cl. The van der Waals surface area contributed by atoms with Crippen LogP contribution in [0.2, 0.25) is 0 Å². The molecule has 1 aliphatic heterocycles. The van der Waals surface area contributed by atoms with Crippen molar-refractivity contribution in [1.29, 1.82) is 0 Å². The second kappa shape index (κ2) is 7.29. The molecule has 3 N–H and O–H groups in total. The summed E-state index contributed by atoms with van der Waals surface area (Å²) in [6.07, 6.45) is 3.07. The van der Waals surface area contributed by atoms with Crippen LogP contribution in [0.3, 0.4) is 0 Å². The Morgan fingerprint density at radius 1 is 1.35 bits per heavy atom. The van der Waals surface area contributed by atoms with E-state index in [-0.39, 0.29) is 29.9 Å². The number of aryl methyl sites for hydroxylation is 3. The van der Waals surface area contributed by atoms with Crippen LogP contribution in [0, 0.1) is 25.7 Å². The zero-order valence-electron chi connectivity index (χ0n) is 15.1. The summed E-state index contributed by atoms with van der Waals surface area (Å²) in [5, 5.41) is 0.680. The average molecular weight is 397 g/mol. The molecular formula is C18H25ClN4O2S. The van der Waals surface area contributed by atoms with Crippen molar-refractivity contribution in [2.45, 2.75) is 45.6 Å². The lowest BCUT2D eigenvalue weighted by Gasteiger charge is -2.18. The number of likely N-dealkylation sites (tertiary alicyclic amines) is 1. The van der Waals surface area contributed by atoms with Crippen LogP contribution in [0.4, 0.5) is 0 Å². The normalized spacial score (nSPS) is 24.7. The fourth-order valence-electron chi connectivity index (χ4n) is 4.31. The Morgan fingerprint density at radius 3 is 2.85 bits per heavy atom. The van der Waals surface area contributed by atoms with Gasteiger partial charge in [0.25, 0.3) is 5.56 Å². The minimum atomic E-state index is -0.101. The Kier molecular flexibility index (Phi) is 5.42. The highest BCUT2D eigenvalue weighted by atomic mass is 35.5. The number of halogens is 1. The second-order valence-electron chi connectivity index (χ2n) is 7.44. The Balaban J connectivity index is 0.00000196. The molecule has 1 aliphatic carbocycles. The summed E-state index contributed by atoms with van der Waals surface area (Å²) in [5.41, 5.74) is 7.04. The number of thiophene rings is 1. The molecule has 0 aromatic carbocycles. The zero-order chi connectivity index (χ0) is 17.7. The molecule has 0 spiro atoms. The smallest absolute Gasteiger partial charge is 0.259 e. The third kappa shape index (κ3) is 3.28. The standard InChI is InChI=1S/C18H24N4O2S.ClH/c1-9-10(2)25-18-16(9)17(24)20-14(21-18)5-6-15(23)22-7-11-3-4-13(19)12(11)8-22;/h11-13H,3-8,19H2,1-2H3,(H,20,21,24);1H. The fourth-order valence-corrected chi connectivity index (χ4v) is 5.36. The van der Waals surface area contributed by atoms with Crippen molar-refractivity contribution in [1.82, 2.24) is 14.9 Å². The molecule has 8 heteroatoms. The summed E-state index contributed by atoms with van der Waals surface area (Å²) < 4.78 is 0. The molecule has 4 rings (SSSR count). The van der Waals surface area contributed by atoms with Gasteiger partial charge >= 0.3 is 0 Å². The van der Waals surface area contributed by atoms with Crippen LogP contribution in [0.15, 0.2) is 4.79 Å². The van der Waals surface area contributed by atoms with Crippen LogP contribution in [0.25, 0.3) is 10.2 Å². The lowest BCUT2D eigenvalue weighted by atomic mass is 9.98. The molecule has 1 saturated heterocycles. The van der Waals surface area contributed by atoms with E-state index in [4.69, 9.17) is 5.73 Å². The van der Waals surface area contributed by atoms with Gasteiger partial charge in [0.05, 0.1) is 5.39 Å². The number of rotatable bonds is 3. The number of amides is 1. The number of hydrogen-bond acceptors (Lipinski definition) is 5. The molecule has 2 aliphatic rings. The highest BCUT2D eigenvalue weighted by Crippen LogP contribution is 2.37. The van der Waals surface area contributed by atoms with Crippen molar-refractivity contribution >= 4 is 39.9 Å². The molecule has 0 radical (unpaired) electrons.